The van der Waals surface area contributed by atoms with Gasteiger partial charge in [-0.2, -0.15) is 0 Å². The molecule has 36 heavy (non-hydrogen) atoms. The normalized spacial score (nSPS) is 21.3. The van der Waals surface area contributed by atoms with Crippen LogP contribution in [-0.2, 0) is 20.7 Å². The predicted molar refractivity (Wildman–Crippen MR) is 134 cm³/mol. The molecule has 188 valence electrons. The predicted octanol–water partition coefficient (Wildman–Crippen LogP) is 4.15. The number of benzene rings is 2. The first-order chi connectivity index (χ1) is 17.6. The van der Waals surface area contributed by atoms with Crippen molar-refractivity contribution in [2.75, 3.05) is 20.8 Å². The monoisotopic (exact) mass is 490 g/mol. The molecule has 1 aromatic heterocycles. The minimum atomic E-state index is -0.208. The first-order valence-electron chi connectivity index (χ1n) is 12.2. The Morgan fingerprint density at radius 2 is 1.92 bits per heavy atom. The van der Waals surface area contributed by atoms with Gasteiger partial charge in [-0.25, -0.2) is 0 Å². The van der Waals surface area contributed by atoms with E-state index in [0.717, 1.165) is 28.6 Å². The molecule has 2 N–H and O–H groups in total. The fourth-order valence-corrected chi connectivity index (χ4v) is 4.93. The zero-order valence-electron chi connectivity index (χ0n) is 20.4. The van der Waals surface area contributed by atoms with Crippen LogP contribution in [0, 0.1) is 5.92 Å². The molecule has 3 aromatic rings. The number of carbonyl (C=O) groups excluding carboxylic acids is 2. The summed E-state index contributed by atoms with van der Waals surface area (Å²) in [5.74, 6) is 1.05. The number of carbonyl (C=O) groups is 2. The summed E-state index contributed by atoms with van der Waals surface area (Å²) < 4.78 is 22.3. The van der Waals surface area contributed by atoms with Gasteiger partial charge in [0.25, 0.3) is 5.91 Å². The van der Waals surface area contributed by atoms with E-state index in [0.29, 0.717) is 37.1 Å². The lowest BCUT2D eigenvalue weighted by Gasteiger charge is -2.36. The van der Waals surface area contributed by atoms with Crippen LogP contribution in [0.1, 0.15) is 35.2 Å². The number of rotatable bonds is 8. The molecular weight excluding hydrogens is 460 g/mol. The summed E-state index contributed by atoms with van der Waals surface area (Å²) in [5.41, 5.74) is 2.65. The number of hydrogen-bond acceptors (Lipinski definition) is 6. The van der Waals surface area contributed by atoms with Gasteiger partial charge < -0.3 is 29.2 Å². The summed E-state index contributed by atoms with van der Waals surface area (Å²) in [6.45, 7) is 0.501. The summed E-state index contributed by atoms with van der Waals surface area (Å²) in [6.07, 6.45) is 6.27. The van der Waals surface area contributed by atoms with Gasteiger partial charge in [-0.1, -0.05) is 0 Å². The van der Waals surface area contributed by atoms with E-state index in [1.165, 1.54) is 6.26 Å². The Hall–Kier alpha value is -3.78. The molecule has 8 nitrogen and oxygen atoms in total. The van der Waals surface area contributed by atoms with Gasteiger partial charge in [0.2, 0.25) is 11.5 Å². The molecular formula is C28H30N2O6. The fourth-order valence-electron chi connectivity index (χ4n) is 4.93. The zero-order chi connectivity index (χ0) is 25.1. The van der Waals surface area contributed by atoms with Crippen molar-refractivity contribution in [1.82, 2.24) is 10.3 Å². The van der Waals surface area contributed by atoms with Crippen molar-refractivity contribution in [3.63, 3.8) is 0 Å². The van der Waals surface area contributed by atoms with Crippen LogP contribution in [0.3, 0.4) is 0 Å². The third-order valence-corrected chi connectivity index (χ3v) is 7.01. The summed E-state index contributed by atoms with van der Waals surface area (Å²) in [5, 5.41) is 4.07. The van der Waals surface area contributed by atoms with Crippen molar-refractivity contribution >= 4 is 22.6 Å². The Labute approximate surface area is 209 Å². The molecule has 1 saturated carbocycles. The number of nitrogens with one attached hydrogen (secondary N) is 2. The van der Waals surface area contributed by atoms with Gasteiger partial charge in [0.05, 0.1) is 19.1 Å². The number of ketones is 1. The van der Waals surface area contributed by atoms with E-state index in [-0.39, 0.29) is 35.6 Å². The minimum absolute atomic E-state index is 0.0432. The Balaban J connectivity index is 1.14. The molecule has 1 aliphatic heterocycles. The van der Waals surface area contributed by atoms with Crippen LogP contribution in [0.2, 0.25) is 0 Å². The minimum Gasteiger partial charge on any atom is -0.497 e. The van der Waals surface area contributed by atoms with E-state index in [2.05, 4.69) is 10.3 Å². The molecule has 0 saturated heterocycles. The summed E-state index contributed by atoms with van der Waals surface area (Å²) >= 11 is 0. The number of amides is 1. The smallest absolute Gasteiger partial charge is 0.251 e. The number of methoxy groups -OCH3 is 2. The number of ether oxygens (including phenoxy) is 4. The maximum atomic E-state index is 12.9. The molecule has 5 rings (SSSR count). The van der Waals surface area contributed by atoms with Crippen molar-refractivity contribution in [3.05, 3.63) is 71.8 Å². The van der Waals surface area contributed by atoms with Gasteiger partial charge in [-0.3, -0.25) is 9.59 Å². The first kappa shape index (κ1) is 23.9. The molecule has 1 fully saturated rings. The number of Topliss-reactive ketones (excluding diaryl/α,β-unsaturated/α-hetero) is 1. The average Bonchev–Trinajstić information content (AvgIpc) is 3.32. The second kappa shape index (κ2) is 10.5. The highest BCUT2D eigenvalue weighted by atomic mass is 16.5. The van der Waals surface area contributed by atoms with E-state index in [9.17, 15) is 9.59 Å². The molecule has 0 radical (unpaired) electrons. The SMILES string of the molecule is COc1ccc2c(CCNC(=O)c3ccc(OC4=COC5CC(OC)CCC5C4=O)cc3)c[nH]c2c1. The second-order valence-electron chi connectivity index (χ2n) is 9.16. The van der Waals surface area contributed by atoms with Crippen LogP contribution < -0.4 is 14.8 Å². The van der Waals surface area contributed by atoms with Crippen molar-refractivity contribution in [2.24, 2.45) is 5.92 Å². The van der Waals surface area contributed by atoms with Gasteiger partial charge in [0, 0.05) is 48.8 Å². The molecule has 2 aliphatic rings. The van der Waals surface area contributed by atoms with Crippen LogP contribution in [0.15, 0.2) is 60.7 Å². The topological polar surface area (TPSA) is 98.9 Å². The average molecular weight is 491 g/mol. The highest BCUT2D eigenvalue weighted by Gasteiger charge is 2.41. The Morgan fingerprint density at radius 3 is 2.69 bits per heavy atom. The Kier molecular flexibility index (Phi) is 6.95. The lowest BCUT2D eigenvalue weighted by atomic mass is 9.80. The number of fused-ring (bicyclic) bond motifs is 2. The third kappa shape index (κ3) is 4.95. The molecule has 3 unspecified atom stereocenters. The summed E-state index contributed by atoms with van der Waals surface area (Å²) in [6, 6.07) is 12.6. The van der Waals surface area contributed by atoms with Crippen molar-refractivity contribution < 1.29 is 28.5 Å². The molecule has 0 bridgehead atoms. The Bertz CT molecular complexity index is 1280. The van der Waals surface area contributed by atoms with E-state index in [4.69, 9.17) is 18.9 Å². The van der Waals surface area contributed by atoms with Gasteiger partial charge >= 0.3 is 0 Å². The van der Waals surface area contributed by atoms with Gasteiger partial charge in [-0.15, -0.1) is 0 Å². The lowest BCUT2D eigenvalue weighted by Crippen LogP contribution is -2.42. The molecule has 8 heteroatoms. The number of allylic oxidation sites excluding steroid dienone is 1. The second-order valence-corrected chi connectivity index (χ2v) is 9.16. The van der Waals surface area contributed by atoms with Gasteiger partial charge in [0.15, 0.2) is 0 Å². The van der Waals surface area contributed by atoms with Crippen molar-refractivity contribution in [3.8, 4) is 11.5 Å². The molecule has 1 amide bonds. The van der Waals surface area contributed by atoms with Crippen LogP contribution in [-0.4, -0.2) is 49.6 Å². The molecule has 2 aromatic carbocycles. The van der Waals surface area contributed by atoms with E-state index in [1.807, 2.05) is 24.4 Å². The van der Waals surface area contributed by atoms with Crippen LogP contribution in [0.4, 0.5) is 0 Å². The molecule has 3 atom stereocenters. The van der Waals surface area contributed by atoms with Crippen LogP contribution >= 0.6 is 0 Å². The standard InChI is InChI=1S/C28H30N2O6/c1-33-20-7-9-22-18(15-30-24(22)13-20)11-12-29-28(32)17-3-5-19(6-4-17)36-26-16-35-25-14-21(34-2)8-10-23(25)27(26)31/h3-7,9,13,15-16,21,23,25,30H,8,10-12,14H2,1-2H3,(H,29,32). The highest BCUT2D eigenvalue weighted by molar-refractivity contribution is 5.97. The van der Waals surface area contributed by atoms with Gasteiger partial charge in [-0.05, 0) is 61.2 Å². The zero-order valence-corrected chi connectivity index (χ0v) is 20.4. The fraction of sp³-hybridized carbons (Fsp3) is 0.357. The summed E-state index contributed by atoms with van der Waals surface area (Å²) in [4.78, 5) is 28.7. The number of H-pyrrole nitrogens is 1. The van der Waals surface area contributed by atoms with E-state index in [1.54, 1.807) is 38.5 Å². The van der Waals surface area contributed by atoms with E-state index < -0.39 is 0 Å². The largest absolute Gasteiger partial charge is 0.497 e. The number of aromatic nitrogens is 1. The third-order valence-electron chi connectivity index (χ3n) is 7.01. The molecule has 0 spiro atoms. The van der Waals surface area contributed by atoms with Crippen LogP contribution in [0.25, 0.3) is 10.9 Å². The highest BCUT2D eigenvalue weighted by Crippen LogP contribution is 2.35. The maximum Gasteiger partial charge on any atom is 0.251 e. The molecule has 2 heterocycles. The Morgan fingerprint density at radius 1 is 1.11 bits per heavy atom. The van der Waals surface area contributed by atoms with Gasteiger partial charge in [0.1, 0.15) is 23.9 Å². The van der Waals surface area contributed by atoms with Crippen molar-refractivity contribution in [1.29, 1.82) is 0 Å². The van der Waals surface area contributed by atoms with Crippen LogP contribution in [0.5, 0.6) is 11.5 Å². The molecule has 1 aliphatic carbocycles. The van der Waals surface area contributed by atoms with Crippen molar-refractivity contribution in [2.45, 2.75) is 37.9 Å². The lowest BCUT2D eigenvalue weighted by molar-refractivity contribution is -0.133. The maximum absolute atomic E-state index is 12.9. The quantitative estimate of drug-likeness (QED) is 0.492. The first-order valence-corrected chi connectivity index (χ1v) is 12.2. The number of aromatic amines is 1. The van der Waals surface area contributed by atoms with E-state index >= 15 is 0 Å². The number of hydrogen-bond donors (Lipinski definition) is 2. The summed E-state index contributed by atoms with van der Waals surface area (Å²) in [7, 11) is 3.33.